The van der Waals surface area contributed by atoms with Gasteiger partial charge in [-0.2, -0.15) is 13.2 Å². The van der Waals surface area contributed by atoms with Crippen LogP contribution in [0, 0.1) is 6.92 Å². The van der Waals surface area contributed by atoms with E-state index in [1.807, 2.05) is 30.9 Å². The fourth-order valence-corrected chi connectivity index (χ4v) is 4.71. The minimum atomic E-state index is -4.55. The molecule has 0 aliphatic heterocycles. The third-order valence-electron chi connectivity index (χ3n) is 6.83. The summed E-state index contributed by atoms with van der Waals surface area (Å²) >= 11 is 0. The molecule has 0 radical (unpaired) electrons. The van der Waals surface area contributed by atoms with Crippen molar-refractivity contribution in [2.75, 3.05) is 56.9 Å². The highest BCUT2D eigenvalue weighted by molar-refractivity contribution is 6.02. The number of nitrogens with one attached hydrogen (secondary N) is 2. The summed E-state index contributed by atoms with van der Waals surface area (Å²) in [7, 11) is 8.96. The number of ether oxygens (including phenoxy) is 1. The normalized spacial score (nSPS) is 11.6. The van der Waals surface area contributed by atoms with Crippen LogP contribution >= 0.6 is 0 Å². The number of carbonyl (C=O) groups excluding carboxylic acids is 1. The van der Waals surface area contributed by atoms with Crippen molar-refractivity contribution < 1.29 is 22.7 Å². The van der Waals surface area contributed by atoms with Gasteiger partial charge in [0.05, 0.1) is 40.9 Å². The van der Waals surface area contributed by atoms with Crippen LogP contribution < -0.4 is 20.3 Å². The van der Waals surface area contributed by atoms with E-state index in [-0.39, 0.29) is 11.5 Å². The van der Waals surface area contributed by atoms with Gasteiger partial charge < -0.3 is 29.7 Å². The zero-order chi connectivity index (χ0) is 30.8. The maximum absolute atomic E-state index is 14.1. The van der Waals surface area contributed by atoms with Crippen molar-refractivity contribution in [3.63, 3.8) is 0 Å². The number of likely N-dealkylation sites (N-methyl/N-ethyl adjacent to an activating group) is 2. The lowest BCUT2D eigenvalue weighted by molar-refractivity contribution is -0.136. The lowest BCUT2D eigenvalue weighted by atomic mass is 10.0. The number of hydrogen-bond acceptors (Lipinski definition) is 7. The Hall–Kier alpha value is -4.58. The number of fused-ring (bicyclic) bond motifs is 1. The molecule has 0 aliphatic carbocycles. The number of hydrogen-bond donors (Lipinski definition) is 2. The Balaban J connectivity index is 1.76. The number of aromatic nitrogens is 3. The molecule has 2 aromatic carbocycles. The Morgan fingerprint density at radius 3 is 2.52 bits per heavy atom. The van der Waals surface area contributed by atoms with Gasteiger partial charge in [0.1, 0.15) is 5.75 Å². The summed E-state index contributed by atoms with van der Waals surface area (Å²) in [5.74, 6) is 0.200. The van der Waals surface area contributed by atoms with E-state index < -0.39 is 17.6 Å². The number of methoxy groups -OCH3 is 1. The van der Waals surface area contributed by atoms with Gasteiger partial charge in [-0.1, -0.05) is 6.58 Å². The van der Waals surface area contributed by atoms with Crippen molar-refractivity contribution in [1.29, 1.82) is 0 Å². The molecule has 1 amide bonds. The molecule has 0 aliphatic rings. The fraction of sp³-hybridized carbons (Fsp3) is 0.300. The second-order valence-corrected chi connectivity index (χ2v) is 10.2. The molecule has 2 N–H and O–H groups in total. The summed E-state index contributed by atoms with van der Waals surface area (Å²) < 4.78 is 49.3. The van der Waals surface area contributed by atoms with Crippen molar-refractivity contribution in [3.05, 3.63) is 66.5 Å². The van der Waals surface area contributed by atoms with Crippen LogP contribution in [-0.4, -0.2) is 66.7 Å². The van der Waals surface area contributed by atoms with E-state index in [0.717, 1.165) is 23.9 Å². The molecule has 12 heteroatoms. The van der Waals surface area contributed by atoms with Gasteiger partial charge in [-0.15, -0.1) is 0 Å². The number of halogens is 3. The Bertz CT molecular complexity index is 1630. The Morgan fingerprint density at radius 2 is 1.88 bits per heavy atom. The molecule has 0 atom stereocenters. The molecule has 2 heterocycles. The van der Waals surface area contributed by atoms with Gasteiger partial charge in [0, 0.05) is 56.6 Å². The lowest BCUT2D eigenvalue weighted by Gasteiger charge is -2.26. The quantitative estimate of drug-likeness (QED) is 0.228. The molecule has 9 nitrogen and oxygen atoms in total. The number of benzene rings is 2. The third kappa shape index (κ3) is 6.49. The van der Waals surface area contributed by atoms with Crippen LogP contribution in [0.4, 0.5) is 36.2 Å². The third-order valence-corrected chi connectivity index (χ3v) is 6.83. The predicted molar refractivity (Wildman–Crippen MR) is 161 cm³/mol. The smallest absolute Gasteiger partial charge is 0.418 e. The van der Waals surface area contributed by atoms with Crippen molar-refractivity contribution in [3.8, 4) is 17.0 Å². The summed E-state index contributed by atoms with van der Waals surface area (Å²) in [6.07, 6.45) is -0.237. The fourth-order valence-electron chi connectivity index (χ4n) is 4.71. The first kappa shape index (κ1) is 30.4. The highest BCUT2D eigenvalue weighted by atomic mass is 19.4. The average Bonchev–Trinajstić information content (AvgIpc) is 3.23. The van der Waals surface area contributed by atoms with Gasteiger partial charge >= 0.3 is 6.18 Å². The predicted octanol–water partition coefficient (Wildman–Crippen LogP) is 5.84. The van der Waals surface area contributed by atoms with Gasteiger partial charge in [-0.05, 0) is 56.9 Å². The Labute approximate surface area is 242 Å². The highest BCUT2D eigenvalue weighted by Gasteiger charge is 2.35. The molecule has 0 fully saturated rings. The second kappa shape index (κ2) is 12.1. The number of amides is 1. The lowest BCUT2D eigenvalue weighted by Crippen LogP contribution is -2.29. The number of aryl methyl sites for hydroxylation is 2. The minimum Gasteiger partial charge on any atom is -0.494 e. The molecule has 0 unspecified atom stereocenters. The van der Waals surface area contributed by atoms with Crippen LogP contribution in [0.2, 0.25) is 0 Å². The van der Waals surface area contributed by atoms with Crippen molar-refractivity contribution >= 4 is 39.8 Å². The van der Waals surface area contributed by atoms with Crippen molar-refractivity contribution in [2.24, 2.45) is 7.05 Å². The van der Waals surface area contributed by atoms with Gasteiger partial charge in [-0.3, -0.25) is 4.79 Å². The Morgan fingerprint density at radius 1 is 1.14 bits per heavy atom. The first-order chi connectivity index (χ1) is 19.8. The summed E-state index contributed by atoms with van der Waals surface area (Å²) in [5.41, 5.74) is 2.38. The molecular formula is C30H34F3N7O2. The van der Waals surface area contributed by atoms with Crippen LogP contribution in [0.1, 0.15) is 11.1 Å². The van der Waals surface area contributed by atoms with E-state index in [1.165, 1.54) is 23.9 Å². The summed E-state index contributed by atoms with van der Waals surface area (Å²) in [4.78, 5) is 25.1. The molecule has 0 bridgehead atoms. The van der Waals surface area contributed by atoms with E-state index in [2.05, 4.69) is 27.2 Å². The first-order valence-corrected chi connectivity index (χ1v) is 13.1. The van der Waals surface area contributed by atoms with Gasteiger partial charge in [0.15, 0.2) is 0 Å². The first-order valence-electron chi connectivity index (χ1n) is 13.1. The van der Waals surface area contributed by atoms with Gasteiger partial charge in [0.2, 0.25) is 11.9 Å². The molecule has 4 aromatic rings. The molecule has 2 aromatic heterocycles. The monoisotopic (exact) mass is 581 g/mol. The standard InChI is InChI=1S/C30H34F3N7O2/c1-8-27(41)35-23-15-24(26(42-7)16-25(23)39(5)12-11-38(3)4)37-29-34-10-9-22(36-29)19-13-20-18(2)17-40(6)28(20)21(14-19)30(31,32)33/h8-10,13-17H,1,11-12H2,2-7H3,(H,35,41)(H,34,36,37). The topological polar surface area (TPSA) is 87.5 Å². The van der Waals surface area contributed by atoms with Crippen LogP contribution in [0.3, 0.4) is 0 Å². The summed E-state index contributed by atoms with van der Waals surface area (Å²) in [5, 5.41) is 6.43. The second-order valence-electron chi connectivity index (χ2n) is 10.2. The summed E-state index contributed by atoms with van der Waals surface area (Å²) in [6.45, 7) is 6.76. The van der Waals surface area contributed by atoms with Crippen molar-refractivity contribution in [1.82, 2.24) is 19.4 Å². The zero-order valence-electron chi connectivity index (χ0n) is 24.4. The molecule has 0 saturated heterocycles. The summed E-state index contributed by atoms with van der Waals surface area (Å²) in [6, 6.07) is 7.84. The minimum absolute atomic E-state index is 0.116. The van der Waals surface area contributed by atoms with Crippen LogP contribution in [0.5, 0.6) is 5.75 Å². The number of carbonyl (C=O) groups is 1. The van der Waals surface area contributed by atoms with Crippen molar-refractivity contribution in [2.45, 2.75) is 13.1 Å². The van der Waals surface area contributed by atoms with E-state index in [9.17, 15) is 18.0 Å². The maximum Gasteiger partial charge on any atom is 0.418 e. The molecule has 0 spiro atoms. The van der Waals surface area contributed by atoms with E-state index >= 15 is 0 Å². The number of anilines is 4. The van der Waals surface area contributed by atoms with Gasteiger partial charge in [-0.25, -0.2) is 9.97 Å². The van der Waals surface area contributed by atoms with E-state index in [0.29, 0.717) is 40.3 Å². The van der Waals surface area contributed by atoms with Crippen LogP contribution in [0.15, 0.2) is 55.4 Å². The molecule has 4 rings (SSSR count). The Kier molecular flexibility index (Phi) is 8.76. The zero-order valence-corrected chi connectivity index (χ0v) is 24.4. The molecular weight excluding hydrogens is 547 g/mol. The highest BCUT2D eigenvalue weighted by Crippen LogP contribution is 2.40. The van der Waals surface area contributed by atoms with Gasteiger partial charge in [0.25, 0.3) is 0 Å². The number of alkyl halides is 3. The average molecular weight is 582 g/mol. The SMILES string of the molecule is C=CC(=O)Nc1cc(Nc2nccc(-c3cc(C(F)(F)F)c4c(c3)c(C)cn4C)n2)c(OC)cc1N(C)CCN(C)C. The number of rotatable bonds is 10. The largest absolute Gasteiger partial charge is 0.494 e. The molecule has 42 heavy (non-hydrogen) atoms. The van der Waals surface area contributed by atoms with E-state index in [4.69, 9.17) is 4.74 Å². The molecule has 222 valence electrons. The van der Waals surface area contributed by atoms with Crippen LogP contribution in [-0.2, 0) is 18.0 Å². The maximum atomic E-state index is 14.1. The molecule has 0 saturated carbocycles. The van der Waals surface area contributed by atoms with E-state index in [1.54, 1.807) is 44.4 Å². The van der Waals surface area contributed by atoms with Crippen LogP contribution in [0.25, 0.3) is 22.2 Å². The number of nitrogens with zero attached hydrogens (tertiary/aromatic N) is 5.